The predicted molar refractivity (Wildman–Crippen MR) is 85.9 cm³/mol. The molecule has 0 radical (unpaired) electrons. The molecule has 1 fully saturated rings. The molecule has 0 bridgehead atoms. The predicted octanol–water partition coefficient (Wildman–Crippen LogP) is -0.101. The van der Waals surface area contributed by atoms with E-state index in [-0.39, 0.29) is 25.2 Å². The normalized spacial score (nSPS) is 17.5. The van der Waals surface area contributed by atoms with Gasteiger partial charge in [-0.15, -0.1) is 0 Å². The first-order valence-electron chi connectivity index (χ1n) is 8.14. The Morgan fingerprint density at radius 3 is 2.42 bits per heavy atom. The molecule has 1 heterocycles. The molecule has 1 amide bonds. The van der Waals surface area contributed by atoms with Crippen molar-refractivity contribution < 1.29 is 28.6 Å². The fraction of sp³-hybridized carbons (Fsp3) is 0.750. The quantitative estimate of drug-likeness (QED) is 0.355. The summed E-state index contributed by atoms with van der Waals surface area (Å²) >= 11 is 0. The summed E-state index contributed by atoms with van der Waals surface area (Å²) in [6.07, 6.45) is 0.225. The summed E-state index contributed by atoms with van der Waals surface area (Å²) in [6.45, 7) is 8.03. The third kappa shape index (κ3) is 5.42. The second-order valence-electron chi connectivity index (χ2n) is 5.30. The van der Waals surface area contributed by atoms with Gasteiger partial charge in [0.05, 0.1) is 25.4 Å². The lowest BCUT2D eigenvalue weighted by Crippen LogP contribution is -2.58. The Morgan fingerprint density at radius 2 is 1.92 bits per heavy atom. The van der Waals surface area contributed by atoms with E-state index in [2.05, 4.69) is 10.2 Å². The van der Waals surface area contributed by atoms with Gasteiger partial charge in [0, 0.05) is 33.2 Å². The average Bonchev–Trinajstić information content (AvgIpc) is 2.56. The van der Waals surface area contributed by atoms with Crippen molar-refractivity contribution in [2.75, 3.05) is 46.1 Å². The maximum absolute atomic E-state index is 12.4. The lowest BCUT2D eigenvalue weighted by molar-refractivity contribution is -0.173. The zero-order chi connectivity index (χ0) is 18.0. The number of amides is 1. The van der Waals surface area contributed by atoms with E-state index in [4.69, 9.17) is 14.2 Å². The van der Waals surface area contributed by atoms with Crippen LogP contribution in [0.4, 0.5) is 0 Å². The van der Waals surface area contributed by atoms with E-state index in [1.165, 1.54) is 6.92 Å². The molecule has 1 saturated heterocycles. The highest BCUT2D eigenvalue weighted by molar-refractivity contribution is 5.91. The maximum atomic E-state index is 12.4. The zero-order valence-corrected chi connectivity index (χ0v) is 14.6. The third-order valence-electron chi connectivity index (χ3n) is 3.61. The Kier molecular flexibility index (Phi) is 8.63. The number of nitrogens with zero attached hydrogens (tertiary/aromatic N) is 1. The van der Waals surface area contributed by atoms with Crippen LogP contribution in [0.5, 0.6) is 0 Å². The number of rotatable bonds is 9. The summed E-state index contributed by atoms with van der Waals surface area (Å²) in [5.41, 5.74) is -1.91. The minimum Gasteiger partial charge on any atom is -0.462 e. The molecule has 1 aliphatic heterocycles. The molecule has 0 spiro atoms. The number of hydrogen-bond donors (Lipinski definition) is 1. The molecule has 8 nitrogen and oxygen atoms in total. The van der Waals surface area contributed by atoms with E-state index in [0.29, 0.717) is 19.8 Å². The number of ether oxygens (including phenoxy) is 3. The Bertz CT molecular complexity index is 483. The van der Waals surface area contributed by atoms with Crippen molar-refractivity contribution in [2.24, 2.45) is 0 Å². The zero-order valence-electron chi connectivity index (χ0n) is 14.6. The Labute approximate surface area is 142 Å². The lowest BCUT2D eigenvalue weighted by atomic mass is 10.00. The minimum absolute atomic E-state index is 0.0180. The molecular formula is C16H26N2O6. The SMILES string of the molecule is CCOC(=O)C(NC(C)=O)(OCC)C(=C=O)CCN1CCOCC1. The number of nitrogens with one attached hydrogen (secondary N) is 1. The van der Waals surface area contributed by atoms with Crippen LogP contribution in [-0.2, 0) is 28.6 Å². The average molecular weight is 342 g/mol. The lowest BCUT2D eigenvalue weighted by Gasteiger charge is -2.33. The molecule has 0 aromatic carbocycles. The number of hydrogen-bond acceptors (Lipinski definition) is 7. The van der Waals surface area contributed by atoms with Crippen LogP contribution in [0.1, 0.15) is 27.2 Å². The van der Waals surface area contributed by atoms with Crippen LogP contribution in [0.2, 0.25) is 0 Å². The maximum Gasteiger partial charge on any atom is 0.365 e. The van der Waals surface area contributed by atoms with Crippen molar-refractivity contribution in [3.63, 3.8) is 0 Å². The highest BCUT2D eigenvalue weighted by Crippen LogP contribution is 2.23. The Balaban J connectivity index is 2.99. The molecule has 136 valence electrons. The van der Waals surface area contributed by atoms with Crippen molar-refractivity contribution in [1.29, 1.82) is 0 Å². The van der Waals surface area contributed by atoms with E-state index in [1.54, 1.807) is 19.8 Å². The topological polar surface area (TPSA) is 94.2 Å². The van der Waals surface area contributed by atoms with Gasteiger partial charge in [-0.2, -0.15) is 0 Å². The van der Waals surface area contributed by atoms with Crippen LogP contribution in [0.25, 0.3) is 0 Å². The second kappa shape index (κ2) is 10.2. The van der Waals surface area contributed by atoms with Crippen LogP contribution in [-0.4, -0.2) is 74.5 Å². The molecule has 8 heteroatoms. The molecule has 0 aliphatic carbocycles. The van der Waals surface area contributed by atoms with E-state index < -0.39 is 17.6 Å². The molecule has 1 unspecified atom stereocenters. The van der Waals surface area contributed by atoms with Crippen molar-refractivity contribution in [2.45, 2.75) is 32.9 Å². The van der Waals surface area contributed by atoms with Crippen LogP contribution >= 0.6 is 0 Å². The number of carbonyl (C=O) groups is 2. The van der Waals surface area contributed by atoms with Crippen molar-refractivity contribution in [3.8, 4) is 0 Å². The van der Waals surface area contributed by atoms with Gasteiger partial charge in [-0.1, -0.05) is 0 Å². The van der Waals surface area contributed by atoms with Crippen molar-refractivity contribution >= 4 is 17.8 Å². The highest BCUT2D eigenvalue weighted by Gasteiger charge is 2.47. The standard InChI is InChI=1S/C16H26N2O6/c1-4-23-15(21)16(24-5-2,17-13(3)20)14(12-19)6-7-18-8-10-22-11-9-18/h4-11H2,1-3H3,(H,17,20). The number of esters is 1. The molecular weight excluding hydrogens is 316 g/mol. The Hall–Kier alpha value is -1.73. The molecule has 24 heavy (non-hydrogen) atoms. The first-order chi connectivity index (χ1) is 11.5. The van der Waals surface area contributed by atoms with Gasteiger partial charge in [-0.05, 0) is 20.3 Å². The fourth-order valence-corrected chi connectivity index (χ4v) is 2.52. The van der Waals surface area contributed by atoms with Gasteiger partial charge >= 0.3 is 5.97 Å². The third-order valence-corrected chi connectivity index (χ3v) is 3.61. The summed E-state index contributed by atoms with van der Waals surface area (Å²) in [7, 11) is 0. The molecule has 1 aliphatic rings. The summed E-state index contributed by atoms with van der Waals surface area (Å²) in [6, 6.07) is 0. The van der Waals surface area contributed by atoms with Crippen LogP contribution < -0.4 is 5.32 Å². The van der Waals surface area contributed by atoms with E-state index >= 15 is 0 Å². The summed E-state index contributed by atoms with van der Waals surface area (Å²) < 4.78 is 15.8. The molecule has 0 saturated carbocycles. The van der Waals surface area contributed by atoms with Gasteiger partial charge in [0.2, 0.25) is 5.91 Å². The largest absolute Gasteiger partial charge is 0.462 e. The highest BCUT2D eigenvalue weighted by atomic mass is 16.6. The molecule has 1 N–H and O–H groups in total. The van der Waals surface area contributed by atoms with E-state index in [1.807, 2.05) is 0 Å². The van der Waals surface area contributed by atoms with Gasteiger partial charge in [-0.3, -0.25) is 9.69 Å². The monoisotopic (exact) mass is 342 g/mol. The van der Waals surface area contributed by atoms with Crippen LogP contribution in [0.15, 0.2) is 5.57 Å². The molecule has 1 rings (SSSR count). The molecule has 0 aromatic heterocycles. The van der Waals surface area contributed by atoms with Gasteiger partial charge in [0.15, 0.2) is 0 Å². The summed E-state index contributed by atoms with van der Waals surface area (Å²) in [5, 5.41) is 2.44. The summed E-state index contributed by atoms with van der Waals surface area (Å²) in [5.74, 6) is 0.459. The first kappa shape index (κ1) is 20.3. The first-order valence-corrected chi connectivity index (χ1v) is 8.14. The van der Waals surface area contributed by atoms with Crippen LogP contribution in [0, 0.1) is 0 Å². The Morgan fingerprint density at radius 1 is 1.25 bits per heavy atom. The van der Waals surface area contributed by atoms with Gasteiger partial charge in [0.1, 0.15) is 5.94 Å². The van der Waals surface area contributed by atoms with Crippen LogP contribution in [0.3, 0.4) is 0 Å². The van der Waals surface area contributed by atoms with Crippen molar-refractivity contribution in [3.05, 3.63) is 5.57 Å². The van der Waals surface area contributed by atoms with E-state index in [0.717, 1.165) is 13.1 Å². The van der Waals surface area contributed by atoms with Gasteiger partial charge < -0.3 is 19.5 Å². The molecule has 1 atom stereocenters. The summed E-state index contributed by atoms with van der Waals surface area (Å²) in [4.78, 5) is 37.7. The smallest absolute Gasteiger partial charge is 0.365 e. The van der Waals surface area contributed by atoms with Gasteiger partial charge in [-0.25, -0.2) is 9.59 Å². The van der Waals surface area contributed by atoms with Crippen molar-refractivity contribution in [1.82, 2.24) is 10.2 Å². The number of morpholine rings is 1. The molecule has 0 aromatic rings. The second-order valence-corrected chi connectivity index (χ2v) is 5.30. The van der Waals surface area contributed by atoms with Gasteiger partial charge in [0.25, 0.3) is 5.72 Å². The van der Waals surface area contributed by atoms with E-state index in [9.17, 15) is 14.4 Å². The number of carbonyl (C=O) groups excluding carboxylic acids is 3. The minimum atomic E-state index is -1.93. The fourth-order valence-electron chi connectivity index (χ4n) is 2.52.